The number of aromatic hydroxyl groups is 1. The number of nitrogens with one attached hydrogen (secondary N) is 1. The highest BCUT2D eigenvalue weighted by molar-refractivity contribution is 6.08. The van der Waals surface area contributed by atoms with Gasteiger partial charge in [0.15, 0.2) is 0 Å². The Morgan fingerprint density at radius 2 is 1.89 bits per heavy atom. The highest BCUT2D eigenvalue weighted by Crippen LogP contribution is 2.20. The number of nitrogens with zero attached hydrogens (tertiary/aromatic N) is 1. The van der Waals surface area contributed by atoms with E-state index in [2.05, 4.69) is 5.32 Å². The molecule has 2 rings (SSSR count). The molecule has 2 aromatic rings. The van der Waals surface area contributed by atoms with Gasteiger partial charge in [0.25, 0.3) is 5.91 Å². The molecule has 0 fully saturated rings. The molecule has 2 aromatic carbocycles. The minimum absolute atomic E-state index is 0.0285. The van der Waals surface area contributed by atoms with Crippen molar-refractivity contribution < 1.29 is 9.90 Å². The predicted octanol–water partition coefficient (Wildman–Crippen LogP) is 2.10. The first-order chi connectivity index (χ1) is 9.10. The predicted molar refractivity (Wildman–Crippen MR) is 71.6 cm³/mol. The Morgan fingerprint density at radius 1 is 1.21 bits per heavy atom. The molecule has 0 atom stereocenters. The Labute approximate surface area is 109 Å². The van der Waals surface area contributed by atoms with Crippen LogP contribution in [0, 0.1) is 11.3 Å². The van der Waals surface area contributed by atoms with E-state index in [-0.39, 0.29) is 17.0 Å². The number of nitrogens with two attached hydrogens (primary N) is 1. The third-order valence-electron chi connectivity index (χ3n) is 2.55. The smallest absolute Gasteiger partial charge is 0.257 e. The number of hydrogen-bond acceptors (Lipinski definition) is 4. The van der Waals surface area contributed by atoms with Crippen LogP contribution in [-0.4, -0.2) is 11.0 Å². The Morgan fingerprint density at radius 3 is 2.53 bits per heavy atom. The Balaban J connectivity index is 2.21. The summed E-state index contributed by atoms with van der Waals surface area (Å²) in [5, 5.41) is 20.7. The fraction of sp³-hybridized carbons (Fsp3) is 0. The molecule has 0 aromatic heterocycles. The van der Waals surface area contributed by atoms with Crippen LogP contribution in [0.1, 0.15) is 15.9 Å². The van der Waals surface area contributed by atoms with Crippen molar-refractivity contribution in [2.75, 3.05) is 11.1 Å². The van der Waals surface area contributed by atoms with Gasteiger partial charge in [-0.25, -0.2) is 0 Å². The van der Waals surface area contributed by atoms with Crippen molar-refractivity contribution in [3.63, 3.8) is 0 Å². The fourth-order valence-corrected chi connectivity index (χ4v) is 1.57. The first-order valence-electron chi connectivity index (χ1n) is 5.50. The quantitative estimate of drug-likeness (QED) is 0.563. The van der Waals surface area contributed by atoms with Crippen molar-refractivity contribution >= 4 is 17.3 Å². The number of carbonyl (C=O) groups is 1. The van der Waals surface area contributed by atoms with Gasteiger partial charge >= 0.3 is 0 Å². The van der Waals surface area contributed by atoms with Gasteiger partial charge in [0, 0.05) is 11.4 Å². The summed E-state index contributed by atoms with van der Waals surface area (Å²) in [5.74, 6) is -0.447. The molecule has 94 valence electrons. The summed E-state index contributed by atoms with van der Waals surface area (Å²) in [6.45, 7) is 0. The largest absolute Gasteiger partial charge is 0.508 e. The number of hydrogen-bond donors (Lipinski definition) is 3. The highest BCUT2D eigenvalue weighted by atomic mass is 16.3. The number of anilines is 2. The molecule has 0 radical (unpaired) electrons. The van der Waals surface area contributed by atoms with E-state index in [0.29, 0.717) is 11.3 Å². The summed E-state index contributed by atoms with van der Waals surface area (Å²) in [5.41, 5.74) is 7.21. The maximum Gasteiger partial charge on any atom is 0.257 e. The van der Waals surface area contributed by atoms with E-state index in [1.807, 2.05) is 6.07 Å². The minimum atomic E-state index is -0.418. The number of phenolic OH excluding ortho intramolecular Hbond substituents is 1. The summed E-state index contributed by atoms with van der Waals surface area (Å²) in [6.07, 6.45) is 0. The normalized spacial score (nSPS) is 9.63. The summed E-state index contributed by atoms with van der Waals surface area (Å²) in [7, 11) is 0. The van der Waals surface area contributed by atoms with Crippen molar-refractivity contribution in [1.82, 2.24) is 0 Å². The summed E-state index contributed by atoms with van der Waals surface area (Å²) >= 11 is 0. The molecule has 0 bridgehead atoms. The number of nitrogen functional groups attached to an aromatic ring is 1. The molecule has 0 saturated heterocycles. The topological polar surface area (TPSA) is 99.1 Å². The standard InChI is InChI=1S/C14H11N3O2/c15-8-9-1-3-10(4-2-9)17-14(19)12-7-11(18)5-6-13(12)16/h1-7,18H,16H2,(H,17,19). The van der Waals surface area contributed by atoms with Gasteiger partial charge in [-0.05, 0) is 42.5 Å². The number of benzene rings is 2. The Kier molecular flexibility index (Phi) is 3.35. The molecule has 0 heterocycles. The molecule has 0 saturated carbocycles. The van der Waals surface area contributed by atoms with E-state index >= 15 is 0 Å². The molecule has 5 heteroatoms. The van der Waals surface area contributed by atoms with Gasteiger partial charge in [0.1, 0.15) is 5.75 Å². The van der Waals surface area contributed by atoms with Crippen molar-refractivity contribution in [2.45, 2.75) is 0 Å². The van der Waals surface area contributed by atoms with E-state index in [4.69, 9.17) is 11.0 Å². The van der Waals surface area contributed by atoms with Gasteiger partial charge in [0.2, 0.25) is 0 Å². The Hall–Kier alpha value is -3.00. The number of rotatable bonds is 2. The Bertz CT molecular complexity index is 657. The van der Waals surface area contributed by atoms with E-state index in [1.54, 1.807) is 24.3 Å². The SMILES string of the molecule is N#Cc1ccc(NC(=O)c2cc(O)ccc2N)cc1. The average Bonchev–Trinajstić information content (AvgIpc) is 2.42. The zero-order valence-corrected chi connectivity index (χ0v) is 9.92. The third kappa shape index (κ3) is 2.82. The molecule has 0 aliphatic rings. The molecular formula is C14H11N3O2. The summed E-state index contributed by atoms with van der Waals surface area (Å²) < 4.78 is 0. The molecule has 4 N–H and O–H groups in total. The molecule has 0 aliphatic carbocycles. The van der Waals surface area contributed by atoms with Crippen LogP contribution in [-0.2, 0) is 0 Å². The zero-order valence-electron chi connectivity index (χ0n) is 9.92. The van der Waals surface area contributed by atoms with Crippen molar-refractivity contribution in [2.24, 2.45) is 0 Å². The van der Waals surface area contributed by atoms with Crippen LogP contribution in [0.2, 0.25) is 0 Å². The molecule has 5 nitrogen and oxygen atoms in total. The molecular weight excluding hydrogens is 242 g/mol. The van der Waals surface area contributed by atoms with Crippen molar-refractivity contribution in [1.29, 1.82) is 5.26 Å². The van der Waals surface area contributed by atoms with Gasteiger partial charge in [-0.3, -0.25) is 4.79 Å². The minimum Gasteiger partial charge on any atom is -0.508 e. The summed E-state index contributed by atoms with van der Waals surface area (Å²) in [6, 6.07) is 12.6. The fourth-order valence-electron chi connectivity index (χ4n) is 1.57. The van der Waals surface area contributed by atoms with Gasteiger partial charge in [-0.2, -0.15) is 5.26 Å². The number of carbonyl (C=O) groups excluding carboxylic acids is 1. The van der Waals surface area contributed by atoms with Crippen LogP contribution < -0.4 is 11.1 Å². The first kappa shape index (κ1) is 12.5. The number of phenols is 1. The van der Waals surface area contributed by atoms with Crippen molar-refractivity contribution in [3.8, 4) is 11.8 Å². The van der Waals surface area contributed by atoms with Gasteiger partial charge in [-0.1, -0.05) is 0 Å². The molecule has 0 aliphatic heterocycles. The van der Waals surface area contributed by atoms with Crippen LogP contribution in [0.5, 0.6) is 5.75 Å². The van der Waals surface area contributed by atoms with Crippen LogP contribution in [0.15, 0.2) is 42.5 Å². The van der Waals surface area contributed by atoms with Gasteiger partial charge in [-0.15, -0.1) is 0 Å². The lowest BCUT2D eigenvalue weighted by Crippen LogP contribution is -2.13. The van der Waals surface area contributed by atoms with E-state index < -0.39 is 5.91 Å². The van der Waals surface area contributed by atoms with Crippen LogP contribution in [0.25, 0.3) is 0 Å². The third-order valence-corrected chi connectivity index (χ3v) is 2.55. The number of nitriles is 1. The lowest BCUT2D eigenvalue weighted by Gasteiger charge is -2.08. The lowest BCUT2D eigenvalue weighted by molar-refractivity contribution is 0.102. The van der Waals surface area contributed by atoms with Gasteiger partial charge in [0.05, 0.1) is 17.2 Å². The molecule has 19 heavy (non-hydrogen) atoms. The van der Waals surface area contributed by atoms with Crippen LogP contribution in [0.4, 0.5) is 11.4 Å². The molecule has 0 spiro atoms. The molecule has 0 unspecified atom stereocenters. The van der Waals surface area contributed by atoms with E-state index in [9.17, 15) is 9.90 Å². The van der Waals surface area contributed by atoms with Crippen LogP contribution >= 0.6 is 0 Å². The first-order valence-corrected chi connectivity index (χ1v) is 5.50. The van der Waals surface area contributed by atoms with Crippen molar-refractivity contribution in [3.05, 3.63) is 53.6 Å². The van der Waals surface area contributed by atoms with E-state index in [0.717, 1.165) is 0 Å². The second-order valence-corrected chi connectivity index (χ2v) is 3.91. The van der Waals surface area contributed by atoms with Crippen LogP contribution in [0.3, 0.4) is 0 Å². The maximum absolute atomic E-state index is 12.0. The van der Waals surface area contributed by atoms with Gasteiger partial charge < -0.3 is 16.2 Å². The highest BCUT2D eigenvalue weighted by Gasteiger charge is 2.10. The second kappa shape index (κ2) is 5.10. The average molecular weight is 253 g/mol. The number of amides is 1. The second-order valence-electron chi connectivity index (χ2n) is 3.91. The zero-order chi connectivity index (χ0) is 13.8. The maximum atomic E-state index is 12.0. The molecule has 1 amide bonds. The monoisotopic (exact) mass is 253 g/mol. The summed E-state index contributed by atoms with van der Waals surface area (Å²) in [4.78, 5) is 12.0. The lowest BCUT2D eigenvalue weighted by atomic mass is 10.1. The van der Waals surface area contributed by atoms with E-state index in [1.165, 1.54) is 18.2 Å².